The zero-order valence-corrected chi connectivity index (χ0v) is 20.1. The predicted molar refractivity (Wildman–Crippen MR) is 131 cm³/mol. The molecule has 0 saturated carbocycles. The summed E-state index contributed by atoms with van der Waals surface area (Å²) < 4.78 is 11.1. The van der Waals surface area contributed by atoms with Crippen molar-refractivity contribution in [2.24, 2.45) is 0 Å². The second kappa shape index (κ2) is 8.92. The van der Waals surface area contributed by atoms with E-state index in [1.54, 1.807) is 42.2 Å². The Morgan fingerprint density at radius 3 is 2.66 bits per heavy atom. The number of fused-ring (bicyclic) bond motifs is 1. The maximum Gasteiger partial charge on any atom is 0.259 e. The van der Waals surface area contributed by atoms with Gasteiger partial charge in [0.1, 0.15) is 17.6 Å². The van der Waals surface area contributed by atoms with Gasteiger partial charge in [0.25, 0.3) is 11.6 Å². The molecule has 0 spiro atoms. The molecule has 35 heavy (non-hydrogen) atoms. The van der Waals surface area contributed by atoms with Crippen molar-refractivity contribution in [2.45, 2.75) is 26.8 Å². The van der Waals surface area contributed by atoms with Crippen LogP contribution >= 0.6 is 11.8 Å². The number of aromatic nitrogens is 2. The van der Waals surface area contributed by atoms with Gasteiger partial charge in [0.2, 0.25) is 5.91 Å². The van der Waals surface area contributed by atoms with Gasteiger partial charge in [-0.05, 0) is 57.2 Å². The fourth-order valence-electron chi connectivity index (χ4n) is 4.15. The first-order valence-electron chi connectivity index (χ1n) is 10.9. The molecular formula is C25H21N5O4S. The standard InChI is InChI=1S/C25H21N5O4S/c1-13-8-18(15(3)33-13)20-9-19(22-14(2)29-34-24(22)28-20)25(32)30-12-35-11-21(30)23(31)27-17-6-4-16(10-26)5-7-17/h4-9,21H,11-12H2,1-3H3,(H,27,31). The fraction of sp³-hybridized carbons (Fsp3) is 0.240. The number of nitriles is 1. The molecule has 176 valence electrons. The summed E-state index contributed by atoms with van der Waals surface area (Å²) in [5, 5.41) is 16.4. The van der Waals surface area contributed by atoms with E-state index in [0.717, 1.165) is 11.3 Å². The monoisotopic (exact) mass is 487 g/mol. The molecule has 10 heteroatoms. The normalized spacial score (nSPS) is 15.4. The molecule has 4 aromatic rings. The molecule has 1 aliphatic rings. The molecule has 9 nitrogen and oxygen atoms in total. The molecule has 0 bridgehead atoms. The summed E-state index contributed by atoms with van der Waals surface area (Å²) in [6.07, 6.45) is 0. The highest BCUT2D eigenvalue weighted by Crippen LogP contribution is 2.33. The van der Waals surface area contributed by atoms with Gasteiger partial charge in [-0.25, -0.2) is 4.98 Å². The number of benzene rings is 1. The van der Waals surface area contributed by atoms with Gasteiger partial charge in [-0.1, -0.05) is 5.16 Å². The summed E-state index contributed by atoms with van der Waals surface area (Å²) >= 11 is 1.51. The second-order valence-corrected chi connectivity index (χ2v) is 9.30. The lowest BCUT2D eigenvalue weighted by atomic mass is 10.0. The topological polar surface area (TPSA) is 125 Å². The number of anilines is 1. The Kier molecular flexibility index (Phi) is 5.78. The molecule has 1 unspecified atom stereocenters. The van der Waals surface area contributed by atoms with E-state index in [1.165, 1.54) is 11.8 Å². The van der Waals surface area contributed by atoms with Crippen LogP contribution in [0.5, 0.6) is 0 Å². The summed E-state index contributed by atoms with van der Waals surface area (Å²) in [6, 6.07) is 11.6. The Morgan fingerprint density at radius 2 is 1.97 bits per heavy atom. The average Bonchev–Trinajstić information content (AvgIpc) is 3.57. The van der Waals surface area contributed by atoms with Gasteiger partial charge in [-0.15, -0.1) is 11.8 Å². The van der Waals surface area contributed by atoms with Crippen molar-refractivity contribution in [3.63, 3.8) is 0 Å². The van der Waals surface area contributed by atoms with Crippen molar-refractivity contribution in [2.75, 3.05) is 16.9 Å². The molecule has 1 aromatic carbocycles. The maximum absolute atomic E-state index is 13.8. The maximum atomic E-state index is 13.8. The van der Waals surface area contributed by atoms with Crippen LogP contribution in [0, 0.1) is 32.1 Å². The molecule has 0 radical (unpaired) electrons. The highest BCUT2D eigenvalue weighted by Gasteiger charge is 2.36. The lowest BCUT2D eigenvalue weighted by Gasteiger charge is -2.23. The van der Waals surface area contributed by atoms with Crippen molar-refractivity contribution in [1.29, 1.82) is 5.26 Å². The number of aryl methyl sites for hydroxylation is 3. The first-order valence-corrected chi connectivity index (χ1v) is 12.1. The summed E-state index contributed by atoms with van der Waals surface area (Å²) in [6.45, 7) is 5.44. The highest BCUT2D eigenvalue weighted by molar-refractivity contribution is 7.99. The van der Waals surface area contributed by atoms with Crippen LogP contribution in [0.2, 0.25) is 0 Å². The van der Waals surface area contributed by atoms with E-state index in [1.807, 2.05) is 26.0 Å². The smallest absolute Gasteiger partial charge is 0.259 e. The number of hydrogen-bond donors (Lipinski definition) is 1. The SMILES string of the molecule is Cc1cc(-c2cc(C(=O)N3CSCC3C(=O)Nc3ccc(C#N)cc3)c3c(C)noc3n2)c(C)o1. The van der Waals surface area contributed by atoms with Gasteiger partial charge in [-0.2, -0.15) is 5.26 Å². The summed E-state index contributed by atoms with van der Waals surface area (Å²) in [7, 11) is 0. The number of carbonyl (C=O) groups is 2. The Bertz CT molecular complexity index is 1500. The summed E-state index contributed by atoms with van der Waals surface area (Å²) in [4.78, 5) is 33.0. The van der Waals surface area contributed by atoms with E-state index in [0.29, 0.717) is 51.0 Å². The summed E-state index contributed by atoms with van der Waals surface area (Å²) in [5.74, 6) is 1.67. The molecule has 1 saturated heterocycles. The predicted octanol–water partition coefficient (Wildman–Crippen LogP) is 4.43. The third-order valence-corrected chi connectivity index (χ3v) is 6.90. The quantitative estimate of drug-likeness (QED) is 0.448. The zero-order valence-electron chi connectivity index (χ0n) is 19.3. The van der Waals surface area contributed by atoms with Crippen LogP contribution in [-0.2, 0) is 4.79 Å². The average molecular weight is 488 g/mol. The number of amides is 2. The molecular weight excluding hydrogens is 466 g/mol. The lowest BCUT2D eigenvalue weighted by Crippen LogP contribution is -2.44. The molecule has 1 aliphatic heterocycles. The fourth-order valence-corrected chi connectivity index (χ4v) is 5.31. The van der Waals surface area contributed by atoms with E-state index >= 15 is 0 Å². The van der Waals surface area contributed by atoms with Crippen molar-refractivity contribution < 1.29 is 18.5 Å². The third-order valence-electron chi connectivity index (χ3n) is 5.89. The van der Waals surface area contributed by atoms with Crippen LogP contribution < -0.4 is 5.32 Å². The van der Waals surface area contributed by atoms with Gasteiger partial charge in [0.15, 0.2) is 0 Å². The van der Waals surface area contributed by atoms with Gasteiger partial charge in [-0.3, -0.25) is 9.59 Å². The van der Waals surface area contributed by atoms with Gasteiger partial charge >= 0.3 is 0 Å². The molecule has 1 atom stereocenters. The van der Waals surface area contributed by atoms with Crippen molar-refractivity contribution in [3.05, 3.63) is 64.7 Å². The number of thioether (sulfide) groups is 1. The first kappa shape index (κ1) is 22.7. The largest absolute Gasteiger partial charge is 0.466 e. The van der Waals surface area contributed by atoms with Gasteiger partial charge in [0.05, 0.1) is 39.8 Å². The first-order chi connectivity index (χ1) is 16.9. The number of rotatable bonds is 4. The molecule has 1 N–H and O–H groups in total. The van der Waals surface area contributed by atoms with Crippen molar-refractivity contribution in [3.8, 4) is 17.3 Å². The minimum atomic E-state index is -0.659. The zero-order chi connectivity index (χ0) is 24.7. The van der Waals surface area contributed by atoms with E-state index in [4.69, 9.17) is 14.2 Å². The van der Waals surface area contributed by atoms with Crippen LogP contribution in [0.25, 0.3) is 22.4 Å². The summed E-state index contributed by atoms with van der Waals surface area (Å²) in [5.41, 5.74) is 3.55. The molecule has 5 rings (SSSR count). The Hall–Kier alpha value is -4.10. The number of furan rings is 1. The molecule has 0 aliphatic carbocycles. The number of nitrogens with zero attached hydrogens (tertiary/aromatic N) is 4. The number of nitrogens with one attached hydrogen (secondary N) is 1. The Balaban J connectivity index is 1.48. The third kappa shape index (κ3) is 4.15. The van der Waals surface area contributed by atoms with Crippen LogP contribution in [0.1, 0.15) is 33.1 Å². The van der Waals surface area contributed by atoms with Crippen LogP contribution in [0.15, 0.2) is 45.3 Å². The number of hydrogen-bond acceptors (Lipinski definition) is 8. The Labute approximate surface area is 205 Å². The van der Waals surface area contributed by atoms with E-state index in [-0.39, 0.29) is 17.5 Å². The van der Waals surface area contributed by atoms with Gasteiger partial charge in [0, 0.05) is 17.0 Å². The second-order valence-electron chi connectivity index (χ2n) is 8.30. The van der Waals surface area contributed by atoms with Crippen LogP contribution in [0.3, 0.4) is 0 Å². The highest BCUT2D eigenvalue weighted by atomic mass is 32.2. The molecule has 3 aromatic heterocycles. The van der Waals surface area contributed by atoms with E-state index in [9.17, 15) is 9.59 Å². The Morgan fingerprint density at radius 1 is 1.20 bits per heavy atom. The van der Waals surface area contributed by atoms with E-state index in [2.05, 4.69) is 15.5 Å². The van der Waals surface area contributed by atoms with Crippen LogP contribution in [-0.4, -0.2) is 44.5 Å². The van der Waals surface area contributed by atoms with Gasteiger partial charge < -0.3 is 19.2 Å². The molecule has 4 heterocycles. The number of carbonyl (C=O) groups excluding carboxylic acids is 2. The molecule has 2 amide bonds. The minimum absolute atomic E-state index is 0.257. The number of pyridine rings is 1. The molecule has 1 fully saturated rings. The van der Waals surface area contributed by atoms with Crippen molar-refractivity contribution >= 4 is 40.4 Å². The lowest BCUT2D eigenvalue weighted by molar-refractivity contribution is -0.119. The van der Waals surface area contributed by atoms with Crippen molar-refractivity contribution in [1.82, 2.24) is 15.0 Å². The van der Waals surface area contributed by atoms with E-state index < -0.39 is 6.04 Å². The minimum Gasteiger partial charge on any atom is -0.466 e. The van der Waals surface area contributed by atoms with Crippen LogP contribution in [0.4, 0.5) is 5.69 Å².